The van der Waals surface area contributed by atoms with Gasteiger partial charge in [0.25, 0.3) is 11.8 Å². The Labute approximate surface area is 86.3 Å². The van der Waals surface area contributed by atoms with Gasteiger partial charge in [-0.1, -0.05) is 36.5 Å². The third-order valence-electron chi connectivity index (χ3n) is 1.79. The lowest BCUT2D eigenvalue weighted by Crippen LogP contribution is -2.31. The highest BCUT2D eigenvalue weighted by molar-refractivity contribution is 6.58. The predicted octanol–water partition coefficient (Wildman–Crippen LogP) is 1.84. The Balaban J connectivity index is 2.73. The van der Waals surface area contributed by atoms with E-state index < -0.39 is 11.8 Å². The predicted molar refractivity (Wildman–Crippen MR) is 50.4 cm³/mol. The molecule has 72 valence electrons. The molecule has 0 unspecified atom stereocenters. The molecule has 0 saturated heterocycles. The van der Waals surface area contributed by atoms with Crippen LogP contribution in [0.2, 0.25) is 0 Å². The fraction of sp³-hybridized carbons (Fsp3) is 0.500. The maximum atomic E-state index is 11.3. The molecule has 0 aromatic heterocycles. The van der Waals surface area contributed by atoms with E-state index in [2.05, 4.69) is 0 Å². The number of imide groups is 1. The number of halogens is 2. The van der Waals surface area contributed by atoms with E-state index in [9.17, 15) is 9.59 Å². The Hall–Kier alpha value is -0.540. The van der Waals surface area contributed by atoms with Crippen molar-refractivity contribution in [2.24, 2.45) is 0 Å². The smallest absolute Gasteiger partial charge is 0.273 e. The van der Waals surface area contributed by atoms with Crippen LogP contribution in [0, 0.1) is 0 Å². The minimum Gasteiger partial charge on any atom is -0.273 e. The molecular weight excluding hydrogens is 213 g/mol. The molecule has 0 aliphatic carbocycles. The zero-order chi connectivity index (χ0) is 10.0. The average molecular weight is 222 g/mol. The lowest BCUT2D eigenvalue weighted by molar-refractivity contribution is -0.137. The normalized spacial score (nSPS) is 17.6. The summed E-state index contributed by atoms with van der Waals surface area (Å²) in [7, 11) is 0. The number of nitrogens with zero attached hydrogens (tertiary/aromatic N) is 1. The molecule has 1 aliphatic heterocycles. The molecule has 5 heteroatoms. The van der Waals surface area contributed by atoms with Crippen molar-refractivity contribution in [2.45, 2.75) is 19.8 Å². The van der Waals surface area contributed by atoms with Crippen LogP contribution >= 0.6 is 23.2 Å². The molecule has 0 bridgehead atoms. The molecule has 1 rings (SSSR count). The van der Waals surface area contributed by atoms with Gasteiger partial charge >= 0.3 is 0 Å². The second-order valence-corrected chi connectivity index (χ2v) is 3.50. The van der Waals surface area contributed by atoms with Crippen LogP contribution in [-0.2, 0) is 9.59 Å². The second kappa shape index (κ2) is 4.11. The van der Waals surface area contributed by atoms with Crippen molar-refractivity contribution in [2.75, 3.05) is 6.54 Å². The van der Waals surface area contributed by atoms with Crippen LogP contribution in [-0.4, -0.2) is 23.3 Å². The first-order chi connectivity index (χ1) is 6.09. The number of unbranched alkanes of at least 4 members (excludes halogenated alkanes) is 1. The first-order valence-corrected chi connectivity index (χ1v) is 4.76. The third-order valence-corrected chi connectivity index (χ3v) is 2.59. The molecule has 0 radical (unpaired) electrons. The Bertz CT molecular complexity index is 262. The first kappa shape index (κ1) is 10.5. The van der Waals surface area contributed by atoms with E-state index in [1.165, 1.54) is 0 Å². The number of hydrogen-bond acceptors (Lipinski definition) is 2. The van der Waals surface area contributed by atoms with Gasteiger partial charge in [-0.2, -0.15) is 0 Å². The summed E-state index contributed by atoms with van der Waals surface area (Å²) in [6.07, 6.45) is 1.68. The quantitative estimate of drug-likeness (QED) is 0.683. The highest BCUT2D eigenvalue weighted by atomic mass is 35.5. The highest BCUT2D eigenvalue weighted by Gasteiger charge is 2.35. The lowest BCUT2D eigenvalue weighted by Gasteiger charge is -2.12. The summed E-state index contributed by atoms with van der Waals surface area (Å²) in [5.74, 6) is -0.963. The lowest BCUT2D eigenvalue weighted by atomic mass is 10.3. The molecule has 1 heterocycles. The zero-order valence-electron chi connectivity index (χ0n) is 7.14. The number of hydrogen-bond donors (Lipinski definition) is 0. The number of amides is 2. The van der Waals surface area contributed by atoms with Gasteiger partial charge in [0.05, 0.1) is 0 Å². The van der Waals surface area contributed by atoms with Crippen molar-refractivity contribution in [3.05, 3.63) is 10.1 Å². The van der Waals surface area contributed by atoms with Crippen LogP contribution in [0.4, 0.5) is 0 Å². The fourth-order valence-electron chi connectivity index (χ4n) is 1.04. The van der Waals surface area contributed by atoms with Gasteiger partial charge in [-0.05, 0) is 6.42 Å². The van der Waals surface area contributed by atoms with Crippen molar-refractivity contribution in [3.63, 3.8) is 0 Å². The maximum absolute atomic E-state index is 11.3. The van der Waals surface area contributed by atoms with Crippen molar-refractivity contribution >= 4 is 35.0 Å². The zero-order valence-corrected chi connectivity index (χ0v) is 8.65. The summed E-state index contributed by atoms with van der Waals surface area (Å²) in [6, 6.07) is 0. The van der Waals surface area contributed by atoms with Gasteiger partial charge < -0.3 is 0 Å². The minimum atomic E-state index is -0.481. The molecule has 13 heavy (non-hydrogen) atoms. The van der Waals surface area contributed by atoms with Gasteiger partial charge in [-0.15, -0.1) is 0 Å². The molecule has 1 aliphatic rings. The van der Waals surface area contributed by atoms with Crippen LogP contribution in [0.3, 0.4) is 0 Å². The number of carbonyl (C=O) groups is 2. The molecule has 3 nitrogen and oxygen atoms in total. The largest absolute Gasteiger partial charge is 0.274 e. The summed E-state index contributed by atoms with van der Waals surface area (Å²) in [5.41, 5.74) is 0. The SMILES string of the molecule is CCCCN1C(=O)C(Cl)=C(Cl)C1=O. The summed E-state index contributed by atoms with van der Waals surface area (Å²) < 4.78 is 0. The van der Waals surface area contributed by atoms with Crippen LogP contribution in [0.5, 0.6) is 0 Å². The second-order valence-electron chi connectivity index (χ2n) is 2.74. The van der Waals surface area contributed by atoms with Gasteiger partial charge in [0.15, 0.2) is 0 Å². The molecule has 0 aromatic carbocycles. The van der Waals surface area contributed by atoms with E-state index >= 15 is 0 Å². The van der Waals surface area contributed by atoms with Crippen LogP contribution in [0.25, 0.3) is 0 Å². The standard InChI is InChI=1S/C8H9Cl2NO2/c1-2-3-4-11-7(12)5(9)6(10)8(11)13/h2-4H2,1H3. The minimum absolute atomic E-state index is 0.164. The van der Waals surface area contributed by atoms with E-state index in [1.54, 1.807) is 0 Å². The third kappa shape index (κ3) is 1.86. The topological polar surface area (TPSA) is 37.4 Å². The highest BCUT2D eigenvalue weighted by Crippen LogP contribution is 2.26. The molecular formula is C8H9Cl2NO2. The molecule has 0 N–H and O–H groups in total. The van der Waals surface area contributed by atoms with Crippen LogP contribution in [0.15, 0.2) is 10.1 Å². The maximum Gasteiger partial charge on any atom is 0.274 e. The van der Waals surface area contributed by atoms with E-state index in [4.69, 9.17) is 23.2 Å². The summed E-state index contributed by atoms with van der Waals surface area (Å²) >= 11 is 11.0. The Morgan fingerprint density at radius 1 is 1.15 bits per heavy atom. The summed E-state index contributed by atoms with van der Waals surface area (Å²) in [4.78, 5) is 23.6. The molecule has 0 aromatic rings. The molecule has 0 spiro atoms. The molecule has 0 saturated carbocycles. The van der Waals surface area contributed by atoms with E-state index in [1.807, 2.05) is 6.92 Å². The van der Waals surface area contributed by atoms with Gasteiger partial charge in [0.2, 0.25) is 0 Å². The monoisotopic (exact) mass is 221 g/mol. The number of rotatable bonds is 3. The van der Waals surface area contributed by atoms with Crippen molar-refractivity contribution in [3.8, 4) is 0 Å². The van der Waals surface area contributed by atoms with Gasteiger partial charge in [0.1, 0.15) is 10.1 Å². The van der Waals surface area contributed by atoms with Crippen molar-refractivity contribution in [1.29, 1.82) is 0 Å². The molecule has 2 amide bonds. The van der Waals surface area contributed by atoms with E-state index in [-0.39, 0.29) is 10.1 Å². The molecule has 0 atom stereocenters. The Morgan fingerprint density at radius 3 is 2.00 bits per heavy atom. The van der Waals surface area contributed by atoms with Gasteiger partial charge in [-0.25, -0.2) is 0 Å². The molecule has 0 fully saturated rings. The van der Waals surface area contributed by atoms with Crippen LogP contribution < -0.4 is 0 Å². The van der Waals surface area contributed by atoms with Crippen LogP contribution in [0.1, 0.15) is 19.8 Å². The number of carbonyl (C=O) groups excluding carboxylic acids is 2. The van der Waals surface area contributed by atoms with Gasteiger partial charge in [0, 0.05) is 6.54 Å². The van der Waals surface area contributed by atoms with Crippen molar-refractivity contribution in [1.82, 2.24) is 4.90 Å². The Kier molecular flexibility index (Phi) is 3.33. The first-order valence-electron chi connectivity index (χ1n) is 4.01. The van der Waals surface area contributed by atoms with E-state index in [0.717, 1.165) is 17.7 Å². The Morgan fingerprint density at radius 2 is 1.62 bits per heavy atom. The summed E-state index contributed by atoms with van der Waals surface area (Å²) in [6.45, 7) is 2.36. The van der Waals surface area contributed by atoms with Gasteiger partial charge in [-0.3, -0.25) is 14.5 Å². The van der Waals surface area contributed by atoms with Crippen molar-refractivity contribution < 1.29 is 9.59 Å². The van der Waals surface area contributed by atoms with E-state index in [0.29, 0.717) is 6.54 Å². The summed E-state index contributed by atoms with van der Waals surface area (Å²) in [5, 5.41) is -0.328. The average Bonchev–Trinajstić information content (AvgIpc) is 2.30. The fourth-order valence-corrected chi connectivity index (χ4v) is 1.40.